The van der Waals surface area contributed by atoms with Crippen LogP contribution in [0.5, 0.6) is 0 Å². The molecule has 0 N–H and O–H groups in total. The lowest BCUT2D eigenvalue weighted by Gasteiger charge is -2.41. The normalized spacial score (nSPS) is 22.2. The number of unbranched alkanes of at least 4 members (excludes halogenated alkanes) is 3. The van der Waals surface area contributed by atoms with Crippen LogP contribution in [0.2, 0.25) is 0 Å². The third-order valence-corrected chi connectivity index (χ3v) is 5.33. The second-order valence-corrected chi connectivity index (χ2v) is 6.84. The maximum atomic E-state index is 10.4. The van der Waals surface area contributed by atoms with Gasteiger partial charge in [0.2, 0.25) is 0 Å². The first-order valence-corrected chi connectivity index (χ1v) is 9.11. The Hall–Kier alpha value is -0.370. The fourth-order valence-corrected chi connectivity index (χ4v) is 4.19. The molecule has 0 unspecified atom stereocenters. The van der Waals surface area contributed by atoms with E-state index in [-0.39, 0.29) is 0 Å². The Morgan fingerprint density at radius 1 is 0.750 bits per heavy atom. The molecule has 0 amide bonds. The third-order valence-electron chi connectivity index (χ3n) is 5.33. The van der Waals surface area contributed by atoms with E-state index in [0.717, 1.165) is 31.2 Å². The minimum atomic E-state index is 0.757. The molecule has 0 bridgehead atoms. The minimum Gasteiger partial charge on any atom is -0.303 e. The summed E-state index contributed by atoms with van der Waals surface area (Å²) in [7, 11) is 0. The molecular weight excluding hydrogens is 246 g/mol. The zero-order valence-electron chi connectivity index (χ0n) is 13.2. The lowest BCUT2D eigenvalue weighted by molar-refractivity contribution is -0.107. The van der Waals surface area contributed by atoms with Gasteiger partial charge in [-0.2, -0.15) is 0 Å². The van der Waals surface area contributed by atoms with Crippen LogP contribution in [0.4, 0.5) is 0 Å². The van der Waals surface area contributed by atoms with Gasteiger partial charge in [0.25, 0.3) is 0 Å². The van der Waals surface area contributed by atoms with E-state index in [1.807, 2.05) is 0 Å². The lowest BCUT2D eigenvalue weighted by Crippen LogP contribution is -2.45. The molecule has 0 aromatic rings. The van der Waals surface area contributed by atoms with Crippen molar-refractivity contribution in [1.29, 1.82) is 0 Å². The number of hydrogen-bond donors (Lipinski definition) is 0. The van der Waals surface area contributed by atoms with Crippen LogP contribution >= 0.6 is 0 Å². The fourth-order valence-electron chi connectivity index (χ4n) is 4.19. The number of hydrogen-bond acceptors (Lipinski definition) is 2. The van der Waals surface area contributed by atoms with E-state index >= 15 is 0 Å². The van der Waals surface area contributed by atoms with E-state index in [2.05, 4.69) is 4.90 Å². The largest absolute Gasteiger partial charge is 0.303 e. The van der Waals surface area contributed by atoms with Crippen molar-refractivity contribution in [3.05, 3.63) is 0 Å². The first-order valence-electron chi connectivity index (χ1n) is 9.11. The molecule has 2 saturated carbocycles. The summed E-state index contributed by atoms with van der Waals surface area (Å²) in [6, 6.07) is 1.75. The average Bonchev–Trinajstić information content (AvgIpc) is 2.53. The molecule has 0 atom stereocenters. The van der Waals surface area contributed by atoms with Gasteiger partial charge in [-0.3, -0.25) is 4.90 Å². The molecule has 0 aliphatic heterocycles. The Bertz CT molecular complexity index is 236. The number of carbonyl (C=O) groups excluding carboxylic acids is 1. The first-order chi connectivity index (χ1) is 9.92. The predicted molar refractivity (Wildman–Crippen MR) is 85.0 cm³/mol. The first kappa shape index (κ1) is 16.0. The van der Waals surface area contributed by atoms with Gasteiger partial charge in [-0.1, -0.05) is 44.9 Å². The summed E-state index contributed by atoms with van der Waals surface area (Å²) in [5.41, 5.74) is 0. The molecule has 0 heterocycles. The molecule has 2 fully saturated rings. The zero-order valence-corrected chi connectivity index (χ0v) is 13.2. The average molecular weight is 279 g/mol. The third kappa shape index (κ3) is 5.20. The number of carbonyl (C=O) groups is 1. The summed E-state index contributed by atoms with van der Waals surface area (Å²) in [4.78, 5) is 13.3. The van der Waals surface area contributed by atoms with Crippen LogP contribution in [0.1, 0.15) is 89.9 Å². The van der Waals surface area contributed by atoms with Crippen LogP contribution in [0.15, 0.2) is 0 Å². The van der Waals surface area contributed by atoms with Crippen LogP contribution < -0.4 is 0 Å². The number of rotatable bonds is 8. The molecule has 2 aliphatic carbocycles. The predicted octanol–water partition coefficient (Wildman–Crippen LogP) is 4.71. The molecule has 2 aliphatic rings. The highest BCUT2D eigenvalue weighted by molar-refractivity contribution is 5.48. The van der Waals surface area contributed by atoms with Crippen molar-refractivity contribution in [2.45, 2.75) is 102 Å². The van der Waals surface area contributed by atoms with Crippen molar-refractivity contribution in [2.75, 3.05) is 6.54 Å². The van der Waals surface area contributed by atoms with E-state index in [1.54, 1.807) is 0 Å². The maximum absolute atomic E-state index is 10.4. The minimum absolute atomic E-state index is 0.757. The molecule has 2 heteroatoms. The van der Waals surface area contributed by atoms with Crippen molar-refractivity contribution in [3.63, 3.8) is 0 Å². The molecule has 2 rings (SSSR count). The SMILES string of the molecule is O=CCCCCCN(C1CCCCC1)C1CCCCC1. The standard InChI is InChI=1S/C18H33NO/c20-16-10-2-1-9-15-19(17-11-5-3-6-12-17)18-13-7-4-8-14-18/h16-18H,1-15H2. The van der Waals surface area contributed by atoms with E-state index in [1.165, 1.54) is 83.6 Å². The second-order valence-electron chi connectivity index (χ2n) is 6.84. The number of nitrogens with zero attached hydrogens (tertiary/aromatic N) is 1. The van der Waals surface area contributed by atoms with Crippen molar-refractivity contribution < 1.29 is 4.79 Å². The van der Waals surface area contributed by atoms with E-state index in [4.69, 9.17) is 0 Å². The second kappa shape index (κ2) is 9.55. The van der Waals surface area contributed by atoms with Crippen molar-refractivity contribution in [1.82, 2.24) is 4.90 Å². The van der Waals surface area contributed by atoms with E-state index in [9.17, 15) is 4.79 Å². The number of aldehydes is 1. The Kier molecular flexibility index (Phi) is 7.64. The quantitative estimate of drug-likeness (QED) is 0.473. The summed E-state index contributed by atoms with van der Waals surface area (Å²) in [6.07, 6.45) is 19.9. The van der Waals surface area contributed by atoms with Crippen molar-refractivity contribution in [2.24, 2.45) is 0 Å². The van der Waals surface area contributed by atoms with Gasteiger partial charge in [0.1, 0.15) is 6.29 Å². The van der Waals surface area contributed by atoms with Gasteiger partial charge in [-0.25, -0.2) is 0 Å². The van der Waals surface area contributed by atoms with Crippen LogP contribution in [0.3, 0.4) is 0 Å². The maximum Gasteiger partial charge on any atom is 0.119 e. The topological polar surface area (TPSA) is 20.3 Å². The Morgan fingerprint density at radius 3 is 1.80 bits per heavy atom. The van der Waals surface area contributed by atoms with Crippen LogP contribution in [-0.2, 0) is 4.79 Å². The molecule has 20 heavy (non-hydrogen) atoms. The van der Waals surface area contributed by atoms with Gasteiger partial charge in [0.05, 0.1) is 0 Å². The highest BCUT2D eigenvalue weighted by Crippen LogP contribution is 2.30. The summed E-state index contributed by atoms with van der Waals surface area (Å²) in [5.74, 6) is 0. The molecule has 116 valence electrons. The summed E-state index contributed by atoms with van der Waals surface area (Å²) < 4.78 is 0. The van der Waals surface area contributed by atoms with Gasteiger partial charge in [0, 0.05) is 18.5 Å². The highest BCUT2D eigenvalue weighted by Gasteiger charge is 2.28. The summed E-state index contributed by atoms with van der Waals surface area (Å²) in [6.45, 7) is 1.29. The Morgan fingerprint density at radius 2 is 1.30 bits per heavy atom. The Balaban J connectivity index is 1.80. The smallest absolute Gasteiger partial charge is 0.119 e. The Labute approximate surface area is 125 Å². The molecule has 0 aromatic heterocycles. The lowest BCUT2D eigenvalue weighted by atomic mass is 9.88. The van der Waals surface area contributed by atoms with Crippen molar-refractivity contribution in [3.8, 4) is 0 Å². The zero-order chi connectivity index (χ0) is 14.0. The van der Waals surface area contributed by atoms with Gasteiger partial charge >= 0.3 is 0 Å². The van der Waals surface area contributed by atoms with Crippen LogP contribution in [-0.4, -0.2) is 29.8 Å². The monoisotopic (exact) mass is 279 g/mol. The van der Waals surface area contributed by atoms with Gasteiger partial charge < -0.3 is 4.79 Å². The molecule has 0 saturated heterocycles. The molecule has 0 spiro atoms. The molecule has 0 radical (unpaired) electrons. The molecule has 2 nitrogen and oxygen atoms in total. The van der Waals surface area contributed by atoms with Gasteiger partial charge in [-0.15, -0.1) is 0 Å². The van der Waals surface area contributed by atoms with Crippen LogP contribution in [0.25, 0.3) is 0 Å². The molecule has 0 aromatic carbocycles. The van der Waals surface area contributed by atoms with Gasteiger partial charge in [-0.05, 0) is 45.1 Å². The fraction of sp³-hybridized carbons (Fsp3) is 0.944. The van der Waals surface area contributed by atoms with Gasteiger partial charge in [0.15, 0.2) is 0 Å². The van der Waals surface area contributed by atoms with E-state index in [0.29, 0.717) is 0 Å². The van der Waals surface area contributed by atoms with E-state index < -0.39 is 0 Å². The summed E-state index contributed by atoms with van der Waals surface area (Å²) >= 11 is 0. The van der Waals surface area contributed by atoms with Crippen LogP contribution in [0, 0.1) is 0 Å². The summed E-state index contributed by atoms with van der Waals surface area (Å²) in [5, 5.41) is 0. The van der Waals surface area contributed by atoms with Crippen molar-refractivity contribution >= 4 is 6.29 Å². The molecular formula is C18H33NO. The highest BCUT2D eigenvalue weighted by atomic mass is 16.1.